The topological polar surface area (TPSA) is 78.2 Å². The number of likely N-dealkylation sites (N-methyl/N-ethyl adjacent to an activating group) is 1. The largest absolute Gasteiger partial charge is 0.369 e. The maximum Gasteiger partial charge on any atom is 0.231 e. The van der Waals surface area contributed by atoms with Crippen molar-refractivity contribution in [2.45, 2.75) is 19.9 Å². The van der Waals surface area contributed by atoms with Gasteiger partial charge in [-0.05, 0) is 57.3 Å². The highest BCUT2D eigenvalue weighted by Crippen LogP contribution is 2.29. The third-order valence-electron chi connectivity index (χ3n) is 6.26. The van der Waals surface area contributed by atoms with Crippen LogP contribution in [0.4, 0.5) is 29.0 Å². The van der Waals surface area contributed by atoms with E-state index < -0.39 is 0 Å². The van der Waals surface area contributed by atoms with Crippen molar-refractivity contribution in [1.82, 2.24) is 29.4 Å². The number of pyridine rings is 1. The number of nitrogens with one attached hydrogen (secondary N) is 1. The summed E-state index contributed by atoms with van der Waals surface area (Å²) in [6.45, 7) is 8.55. The average Bonchev–Trinajstić information content (AvgIpc) is 3.22. The number of aromatic nitrogens is 5. The zero-order valence-corrected chi connectivity index (χ0v) is 20.2. The lowest BCUT2D eigenvalue weighted by molar-refractivity contribution is 0.313. The molecule has 5 rings (SSSR count). The van der Waals surface area contributed by atoms with Gasteiger partial charge in [0.1, 0.15) is 5.52 Å². The third kappa shape index (κ3) is 4.38. The lowest BCUT2D eigenvalue weighted by Gasteiger charge is -2.34. The molecule has 4 heterocycles. The standard InChI is InChI=1S/C25H31N9/c1-18(2)34-23-22(29-25(34)28-19-6-5-11-26-16-19)17-27-24(30-23)32(4)20-7-9-21(10-8-20)33-14-12-31(3)13-15-33/h5-11,16-18H,12-15H2,1-4H3,(H,28,29). The molecule has 0 atom stereocenters. The Morgan fingerprint density at radius 3 is 2.41 bits per heavy atom. The molecule has 1 fully saturated rings. The van der Waals surface area contributed by atoms with Crippen LogP contribution in [0, 0.1) is 0 Å². The Morgan fingerprint density at radius 2 is 1.74 bits per heavy atom. The SMILES string of the molecule is CC(C)n1c(Nc2cccnc2)nc2cnc(N(C)c3ccc(N4CCN(C)CC4)cc3)nc21. The first-order valence-electron chi connectivity index (χ1n) is 11.7. The van der Waals surface area contributed by atoms with E-state index in [1.807, 2.05) is 24.1 Å². The fourth-order valence-corrected chi connectivity index (χ4v) is 4.25. The smallest absolute Gasteiger partial charge is 0.231 e. The molecular weight excluding hydrogens is 426 g/mol. The predicted molar refractivity (Wildman–Crippen MR) is 137 cm³/mol. The van der Waals surface area contributed by atoms with Crippen molar-refractivity contribution >= 4 is 40.1 Å². The minimum absolute atomic E-state index is 0.167. The molecule has 0 amide bonds. The number of piperazine rings is 1. The summed E-state index contributed by atoms with van der Waals surface area (Å²) < 4.78 is 2.10. The molecule has 0 bridgehead atoms. The average molecular weight is 458 g/mol. The van der Waals surface area contributed by atoms with Gasteiger partial charge in [-0.1, -0.05) is 0 Å². The Labute approximate surface area is 200 Å². The Morgan fingerprint density at radius 1 is 0.971 bits per heavy atom. The van der Waals surface area contributed by atoms with Crippen molar-refractivity contribution < 1.29 is 0 Å². The van der Waals surface area contributed by atoms with E-state index in [-0.39, 0.29) is 6.04 Å². The summed E-state index contributed by atoms with van der Waals surface area (Å²) in [5, 5.41) is 3.36. The van der Waals surface area contributed by atoms with Gasteiger partial charge in [0.05, 0.1) is 18.1 Å². The molecule has 0 unspecified atom stereocenters. The van der Waals surface area contributed by atoms with Crippen molar-refractivity contribution in [2.75, 3.05) is 55.4 Å². The first-order chi connectivity index (χ1) is 16.5. The Kier molecular flexibility index (Phi) is 6.02. The van der Waals surface area contributed by atoms with E-state index in [0.717, 1.165) is 54.7 Å². The third-order valence-corrected chi connectivity index (χ3v) is 6.26. The first-order valence-corrected chi connectivity index (χ1v) is 11.7. The quantitative estimate of drug-likeness (QED) is 0.464. The number of hydrogen-bond acceptors (Lipinski definition) is 8. The molecule has 1 N–H and O–H groups in total. The van der Waals surface area contributed by atoms with Crippen LogP contribution in [0.3, 0.4) is 0 Å². The summed E-state index contributed by atoms with van der Waals surface area (Å²) in [6, 6.07) is 12.7. The maximum atomic E-state index is 4.90. The zero-order chi connectivity index (χ0) is 23.7. The van der Waals surface area contributed by atoms with Crippen molar-refractivity contribution in [3.63, 3.8) is 0 Å². The van der Waals surface area contributed by atoms with E-state index in [0.29, 0.717) is 5.95 Å². The van der Waals surface area contributed by atoms with E-state index >= 15 is 0 Å². The number of imidazole rings is 1. The van der Waals surface area contributed by atoms with Gasteiger partial charge in [-0.3, -0.25) is 9.55 Å². The predicted octanol–water partition coefficient (Wildman–Crippen LogP) is 4.07. The molecular formula is C25H31N9. The van der Waals surface area contributed by atoms with Crippen LogP contribution in [0.25, 0.3) is 11.2 Å². The molecule has 0 saturated carbocycles. The molecule has 0 aliphatic carbocycles. The number of benzene rings is 1. The molecule has 34 heavy (non-hydrogen) atoms. The minimum Gasteiger partial charge on any atom is -0.369 e. The van der Waals surface area contributed by atoms with Gasteiger partial charge in [0.2, 0.25) is 11.9 Å². The fraction of sp³-hybridized carbons (Fsp3) is 0.360. The molecule has 1 aromatic carbocycles. The first kappa shape index (κ1) is 22.1. The molecule has 0 spiro atoms. The summed E-state index contributed by atoms with van der Waals surface area (Å²) in [5.74, 6) is 1.36. The van der Waals surface area contributed by atoms with Gasteiger partial charge in [-0.15, -0.1) is 0 Å². The molecule has 176 valence electrons. The fourth-order valence-electron chi connectivity index (χ4n) is 4.25. The molecule has 1 aliphatic rings. The second-order valence-corrected chi connectivity index (χ2v) is 9.01. The molecule has 1 saturated heterocycles. The maximum absolute atomic E-state index is 4.90. The van der Waals surface area contributed by atoms with Gasteiger partial charge in [-0.2, -0.15) is 4.98 Å². The van der Waals surface area contributed by atoms with Crippen molar-refractivity contribution in [3.05, 3.63) is 55.0 Å². The minimum atomic E-state index is 0.167. The summed E-state index contributed by atoms with van der Waals surface area (Å²) in [5.41, 5.74) is 4.73. The number of hydrogen-bond donors (Lipinski definition) is 1. The van der Waals surface area contributed by atoms with E-state index in [9.17, 15) is 0 Å². The van der Waals surface area contributed by atoms with E-state index in [2.05, 4.69) is 74.8 Å². The highest BCUT2D eigenvalue weighted by atomic mass is 15.3. The zero-order valence-electron chi connectivity index (χ0n) is 20.2. The molecule has 0 radical (unpaired) electrons. The lowest BCUT2D eigenvalue weighted by Crippen LogP contribution is -2.44. The number of rotatable bonds is 6. The summed E-state index contributed by atoms with van der Waals surface area (Å²) in [4.78, 5) is 25.2. The van der Waals surface area contributed by atoms with Gasteiger partial charge in [-0.25, -0.2) is 9.97 Å². The highest BCUT2D eigenvalue weighted by Gasteiger charge is 2.19. The van der Waals surface area contributed by atoms with Gasteiger partial charge in [0, 0.05) is 56.8 Å². The second kappa shape index (κ2) is 9.26. The molecule has 1 aliphatic heterocycles. The van der Waals surface area contributed by atoms with Crippen LogP contribution >= 0.6 is 0 Å². The second-order valence-electron chi connectivity index (χ2n) is 9.01. The van der Waals surface area contributed by atoms with Crippen molar-refractivity contribution in [3.8, 4) is 0 Å². The van der Waals surface area contributed by atoms with Gasteiger partial charge in [0.25, 0.3) is 0 Å². The van der Waals surface area contributed by atoms with E-state index in [1.165, 1.54) is 5.69 Å². The monoisotopic (exact) mass is 457 g/mol. The van der Waals surface area contributed by atoms with E-state index in [1.54, 1.807) is 18.6 Å². The van der Waals surface area contributed by atoms with Crippen molar-refractivity contribution in [2.24, 2.45) is 0 Å². The van der Waals surface area contributed by atoms with Gasteiger partial charge >= 0.3 is 0 Å². The summed E-state index contributed by atoms with van der Waals surface area (Å²) >= 11 is 0. The lowest BCUT2D eigenvalue weighted by atomic mass is 10.2. The van der Waals surface area contributed by atoms with Crippen molar-refractivity contribution in [1.29, 1.82) is 0 Å². The van der Waals surface area contributed by atoms with Crippen LogP contribution in [-0.2, 0) is 0 Å². The number of anilines is 5. The van der Waals surface area contributed by atoms with Crippen LogP contribution in [0.15, 0.2) is 55.0 Å². The van der Waals surface area contributed by atoms with Gasteiger partial charge in [0.15, 0.2) is 5.65 Å². The van der Waals surface area contributed by atoms with Crippen LogP contribution < -0.4 is 15.1 Å². The highest BCUT2D eigenvalue weighted by molar-refractivity contribution is 5.77. The van der Waals surface area contributed by atoms with Crippen LogP contribution in [0.5, 0.6) is 0 Å². The Balaban J connectivity index is 1.41. The Hall–Kier alpha value is -3.72. The van der Waals surface area contributed by atoms with Crippen LogP contribution in [-0.4, -0.2) is 69.7 Å². The molecule has 3 aromatic heterocycles. The van der Waals surface area contributed by atoms with Crippen LogP contribution in [0.2, 0.25) is 0 Å². The summed E-state index contributed by atoms with van der Waals surface area (Å²) in [6.07, 6.45) is 5.32. The Bertz CT molecular complexity index is 1240. The molecule has 9 nitrogen and oxygen atoms in total. The molecule has 9 heteroatoms. The number of nitrogens with zero attached hydrogens (tertiary/aromatic N) is 8. The van der Waals surface area contributed by atoms with E-state index in [4.69, 9.17) is 9.97 Å². The summed E-state index contributed by atoms with van der Waals surface area (Å²) in [7, 11) is 4.17. The normalized spacial score (nSPS) is 14.7. The van der Waals surface area contributed by atoms with Crippen LogP contribution in [0.1, 0.15) is 19.9 Å². The van der Waals surface area contributed by atoms with Gasteiger partial charge < -0.3 is 20.0 Å². The number of fused-ring (bicyclic) bond motifs is 1. The molecule has 4 aromatic rings.